The van der Waals surface area contributed by atoms with Crippen molar-refractivity contribution in [2.75, 3.05) is 11.4 Å². The number of carbonyl (C=O) groups excluding carboxylic acids is 2. The predicted molar refractivity (Wildman–Crippen MR) is 110 cm³/mol. The van der Waals surface area contributed by atoms with Gasteiger partial charge in [0.15, 0.2) is 5.84 Å². The van der Waals surface area contributed by atoms with Gasteiger partial charge in [-0.1, -0.05) is 48.5 Å². The Balaban J connectivity index is 1.47. The third kappa shape index (κ3) is 4.37. The minimum Gasteiger partial charge on any atom is -0.445 e. The van der Waals surface area contributed by atoms with E-state index in [0.29, 0.717) is 18.1 Å². The van der Waals surface area contributed by atoms with Crippen LogP contribution in [0.1, 0.15) is 11.1 Å². The summed E-state index contributed by atoms with van der Waals surface area (Å²) in [6.07, 6.45) is 1.59. The van der Waals surface area contributed by atoms with Gasteiger partial charge in [-0.05, 0) is 17.2 Å². The average molecular weight is 389 g/mol. The third-order valence-corrected chi connectivity index (χ3v) is 4.42. The molecule has 0 aromatic heterocycles. The molecule has 4 rings (SSSR count). The van der Waals surface area contributed by atoms with Crippen LogP contribution in [-0.4, -0.2) is 43.0 Å². The number of anilines is 1. The highest BCUT2D eigenvalue weighted by atomic mass is 16.5. The van der Waals surface area contributed by atoms with E-state index < -0.39 is 12.3 Å². The van der Waals surface area contributed by atoms with Crippen LogP contribution in [0.25, 0.3) is 0 Å². The Hall–Kier alpha value is -3.81. The Labute approximate surface area is 167 Å². The maximum absolute atomic E-state index is 12.6. The molecule has 29 heavy (non-hydrogen) atoms. The van der Waals surface area contributed by atoms with Crippen LogP contribution in [-0.2, 0) is 22.7 Å². The zero-order valence-electron chi connectivity index (χ0n) is 15.6. The number of carbonyl (C=O) groups is 2. The number of hydrogen-bond donors (Lipinski definition) is 1. The van der Waals surface area contributed by atoms with E-state index in [1.54, 1.807) is 0 Å². The lowest BCUT2D eigenvalue weighted by atomic mass is 10.1. The Kier molecular flexibility index (Phi) is 5.42. The molecule has 0 radical (unpaired) electrons. The number of amidine groups is 1. The number of ether oxygens (including phenoxy) is 1. The third-order valence-electron chi connectivity index (χ3n) is 4.42. The monoisotopic (exact) mass is 389 g/mol. The van der Waals surface area contributed by atoms with Crippen molar-refractivity contribution in [2.24, 2.45) is 15.0 Å². The van der Waals surface area contributed by atoms with E-state index in [4.69, 9.17) is 4.74 Å². The van der Waals surface area contributed by atoms with Gasteiger partial charge in [0.1, 0.15) is 12.8 Å². The Bertz CT molecular complexity index is 1000. The Morgan fingerprint density at radius 3 is 2.72 bits per heavy atom. The number of para-hydroxylation sites is 1. The topological polar surface area (TPSA) is 95.7 Å². The average Bonchev–Trinajstić information content (AvgIpc) is 2.91. The van der Waals surface area contributed by atoms with Gasteiger partial charge in [0, 0.05) is 0 Å². The van der Waals surface area contributed by atoms with Gasteiger partial charge in [-0.25, -0.2) is 9.79 Å². The van der Waals surface area contributed by atoms with E-state index in [0.717, 1.165) is 11.1 Å². The first-order valence-electron chi connectivity index (χ1n) is 9.17. The molecule has 0 saturated carbocycles. The molecule has 0 bridgehead atoms. The second kappa shape index (κ2) is 8.47. The SMILES string of the molecule is O=C(NC1CN=CC(N2C(=O)C=NCc3ccccc32)=N1)OCc1ccccc1. The maximum Gasteiger partial charge on any atom is 0.409 e. The van der Waals surface area contributed by atoms with Gasteiger partial charge in [-0.15, -0.1) is 0 Å². The summed E-state index contributed by atoms with van der Waals surface area (Å²) in [5.74, 6) is 0.0304. The first-order chi connectivity index (χ1) is 14.2. The molecular formula is C21H19N5O3. The molecule has 2 amide bonds. The van der Waals surface area contributed by atoms with Gasteiger partial charge in [-0.2, -0.15) is 0 Å². The van der Waals surface area contributed by atoms with Crippen LogP contribution in [0.5, 0.6) is 0 Å². The van der Waals surface area contributed by atoms with Gasteiger partial charge in [0.25, 0.3) is 5.91 Å². The highest BCUT2D eigenvalue weighted by Gasteiger charge is 2.26. The van der Waals surface area contributed by atoms with Crippen LogP contribution in [0.4, 0.5) is 10.5 Å². The highest BCUT2D eigenvalue weighted by Crippen LogP contribution is 2.24. The van der Waals surface area contributed by atoms with E-state index >= 15 is 0 Å². The number of amides is 2. The molecule has 0 fully saturated rings. The van der Waals surface area contributed by atoms with Crippen LogP contribution < -0.4 is 10.2 Å². The largest absolute Gasteiger partial charge is 0.445 e. The van der Waals surface area contributed by atoms with E-state index in [2.05, 4.69) is 20.3 Å². The van der Waals surface area contributed by atoms with E-state index in [1.807, 2.05) is 54.6 Å². The number of nitrogens with one attached hydrogen (secondary N) is 1. The number of aliphatic imine (C=N–C) groups is 3. The van der Waals surface area contributed by atoms with Gasteiger partial charge < -0.3 is 4.74 Å². The molecule has 2 aromatic rings. The molecule has 2 aliphatic rings. The summed E-state index contributed by atoms with van der Waals surface area (Å²) >= 11 is 0. The summed E-state index contributed by atoms with van der Waals surface area (Å²) in [4.78, 5) is 39.1. The number of nitrogens with zero attached hydrogens (tertiary/aromatic N) is 4. The smallest absolute Gasteiger partial charge is 0.409 e. The molecule has 2 aliphatic heterocycles. The Morgan fingerprint density at radius 2 is 1.86 bits per heavy atom. The minimum absolute atomic E-state index is 0.160. The maximum atomic E-state index is 12.6. The van der Waals surface area contributed by atoms with Crippen molar-refractivity contribution < 1.29 is 14.3 Å². The molecule has 146 valence electrons. The molecule has 2 aromatic carbocycles. The number of fused-ring (bicyclic) bond motifs is 1. The normalized spacial score (nSPS) is 17.9. The molecule has 2 heterocycles. The minimum atomic E-state index is -0.626. The molecule has 0 aliphatic carbocycles. The molecule has 8 nitrogen and oxygen atoms in total. The lowest BCUT2D eigenvalue weighted by molar-refractivity contribution is -0.111. The summed E-state index contributed by atoms with van der Waals surface area (Å²) in [6, 6.07) is 16.9. The quantitative estimate of drug-likeness (QED) is 0.873. The fourth-order valence-corrected chi connectivity index (χ4v) is 3.06. The predicted octanol–water partition coefficient (Wildman–Crippen LogP) is 2.34. The number of rotatable bonds is 3. The van der Waals surface area contributed by atoms with Crippen LogP contribution >= 0.6 is 0 Å². The van der Waals surface area contributed by atoms with Crippen LogP contribution in [0, 0.1) is 0 Å². The fraction of sp³-hybridized carbons (Fsp3) is 0.190. The fourth-order valence-electron chi connectivity index (χ4n) is 3.06. The molecule has 0 spiro atoms. The lowest BCUT2D eigenvalue weighted by Gasteiger charge is -2.25. The van der Waals surface area contributed by atoms with Crippen molar-refractivity contribution in [2.45, 2.75) is 19.3 Å². The van der Waals surface area contributed by atoms with Crippen molar-refractivity contribution in [1.29, 1.82) is 0 Å². The van der Waals surface area contributed by atoms with Crippen molar-refractivity contribution in [3.05, 3.63) is 65.7 Å². The molecule has 8 heteroatoms. The van der Waals surface area contributed by atoms with Crippen molar-refractivity contribution in [1.82, 2.24) is 5.32 Å². The van der Waals surface area contributed by atoms with E-state index in [1.165, 1.54) is 17.3 Å². The highest BCUT2D eigenvalue weighted by molar-refractivity contribution is 6.50. The van der Waals surface area contributed by atoms with Gasteiger partial charge in [-0.3, -0.25) is 25.0 Å². The Morgan fingerprint density at radius 1 is 1.07 bits per heavy atom. The summed E-state index contributed by atoms with van der Waals surface area (Å²) in [5, 5.41) is 2.68. The molecule has 0 saturated heterocycles. The van der Waals surface area contributed by atoms with Gasteiger partial charge in [0.2, 0.25) is 0 Å². The van der Waals surface area contributed by atoms with Crippen molar-refractivity contribution in [3.8, 4) is 0 Å². The standard InChI is InChI=1S/C21H19N5O3/c27-20-13-22-10-16-8-4-5-9-17(16)26(20)19-12-23-11-18(24-19)25-21(28)29-14-15-6-2-1-3-7-15/h1-9,12-13,18H,10-11,14H2,(H,25,28). The second-order valence-corrected chi connectivity index (χ2v) is 6.48. The second-order valence-electron chi connectivity index (χ2n) is 6.48. The number of hydrogen-bond acceptors (Lipinski definition) is 6. The van der Waals surface area contributed by atoms with Crippen molar-refractivity contribution in [3.63, 3.8) is 0 Å². The van der Waals surface area contributed by atoms with Crippen molar-refractivity contribution >= 4 is 36.0 Å². The molecule has 1 atom stereocenters. The number of benzene rings is 2. The van der Waals surface area contributed by atoms with Gasteiger partial charge >= 0.3 is 6.09 Å². The zero-order chi connectivity index (χ0) is 20.1. The van der Waals surface area contributed by atoms with Crippen LogP contribution in [0.15, 0.2) is 69.6 Å². The zero-order valence-corrected chi connectivity index (χ0v) is 15.6. The van der Waals surface area contributed by atoms with E-state index in [-0.39, 0.29) is 19.1 Å². The number of alkyl carbamates (subject to hydrolysis) is 1. The van der Waals surface area contributed by atoms with Crippen LogP contribution in [0.2, 0.25) is 0 Å². The van der Waals surface area contributed by atoms with Crippen LogP contribution in [0.3, 0.4) is 0 Å². The molecular weight excluding hydrogens is 370 g/mol. The van der Waals surface area contributed by atoms with E-state index in [9.17, 15) is 9.59 Å². The first kappa shape index (κ1) is 18.5. The molecule has 1 N–H and O–H groups in total. The summed E-state index contributed by atoms with van der Waals surface area (Å²) in [7, 11) is 0. The summed E-state index contributed by atoms with van der Waals surface area (Å²) in [5.41, 5.74) is 2.50. The summed E-state index contributed by atoms with van der Waals surface area (Å²) < 4.78 is 5.24. The van der Waals surface area contributed by atoms with Gasteiger partial charge in [0.05, 0.1) is 31.2 Å². The lowest BCUT2D eigenvalue weighted by Crippen LogP contribution is -2.45. The molecule has 1 unspecified atom stereocenters. The summed E-state index contributed by atoms with van der Waals surface area (Å²) in [6.45, 7) is 0.839. The first-order valence-corrected chi connectivity index (χ1v) is 9.17.